The van der Waals surface area contributed by atoms with Gasteiger partial charge in [0.2, 0.25) is 0 Å². The molecule has 0 aliphatic heterocycles. The lowest BCUT2D eigenvalue weighted by Crippen LogP contribution is -2.33. The molecule has 0 saturated heterocycles. The normalized spacial score (nSPS) is 17.5. The minimum Gasteiger partial charge on any atom is -0.469 e. The average Bonchev–Trinajstić information content (AvgIpc) is 3.34. The van der Waals surface area contributed by atoms with Crippen LogP contribution in [-0.2, 0) is 16.1 Å². The highest BCUT2D eigenvalue weighted by Crippen LogP contribution is 2.30. The first kappa shape index (κ1) is 25.1. The Balaban J connectivity index is 1.30. The van der Waals surface area contributed by atoms with Gasteiger partial charge in [-0.3, -0.25) is 9.59 Å². The van der Waals surface area contributed by atoms with Crippen molar-refractivity contribution >= 4 is 34.4 Å². The third-order valence-corrected chi connectivity index (χ3v) is 7.63. The molecule has 1 amide bonds. The van der Waals surface area contributed by atoms with Crippen molar-refractivity contribution in [2.45, 2.75) is 32.2 Å². The molecule has 1 saturated carbocycles. The molecule has 1 aliphatic carbocycles. The number of nitrogens with one attached hydrogen (secondary N) is 1. The van der Waals surface area contributed by atoms with E-state index in [4.69, 9.17) is 16.3 Å². The van der Waals surface area contributed by atoms with Gasteiger partial charge in [-0.2, -0.15) is 0 Å². The van der Waals surface area contributed by atoms with E-state index in [1.165, 1.54) is 18.2 Å². The lowest BCUT2D eigenvalue weighted by molar-refractivity contribution is -0.146. The molecule has 3 aromatic carbocycles. The highest BCUT2D eigenvalue weighted by atomic mass is 35.5. The summed E-state index contributed by atoms with van der Waals surface area (Å²) in [6, 6.07) is 24.5. The molecule has 1 heterocycles. The number of nitrogens with zero attached hydrogens (tertiary/aromatic N) is 1. The number of methoxy groups -OCH3 is 1. The Morgan fingerprint density at radius 2 is 1.65 bits per heavy atom. The number of carbonyl (C=O) groups excluding carboxylic acids is 2. The molecule has 5 nitrogen and oxygen atoms in total. The SMILES string of the molecule is COC(=O)C1CCC(CNC(=O)c2cc(Cl)cc3ccn(Cc4ccc(-c5ccccc5)cc4)c23)CC1. The molecule has 1 fully saturated rings. The van der Waals surface area contributed by atoms with Crippen LogP contribution >= 0.6 is 11.6 Å². The zero-order chi connectivity index (χ0) is 25.8. The maximum absolute atomic E-state index is 13.3. The minimum absolute atomic E-state index is 0.0189. The van der Waals surface area contributed by atoms with Gasteiger partial charge < -0.3 is 14.6 Å². The molecule has 1 aromatic heterocycles. The highest BCUT2D eigenvalue weighted by Gasteiger charge is 2.27. The molecule has 0 spiro atoms. The zero-order valence-electron chi connectivity index (χ0n) is 21.0. The summed E-state index contributed by atoms with van der Waals surface area (Å²) in [5, 5.41) is 4.61. The van der Waals surface area contributed by atoms with Crippen LogP contribution in [0.3, 0.4) is 0 Å². The van der Waals surface area contributed by atoms with E-state index >= 15 is 0 Å². The van der Waals surface area contributed by atoms with Crippen molar-refractivity contribution < 1.29 is 14.3 Å². The van der Waals surface area contributed by atoms with E-state index in [1.807, 2.05) is 36.5 Å². The molecule has 190 valence electrons. The molecule has 0 bridgehead atoms. The second kappa shape index (κ2) is 11.2. The molecular weight excluding hydrogens is 484 g/mol. The monoisotopic (exact) mass is 514 g/mol. The quantitative estimate of drug-likeness (QED) is 0.278. The second-order valence-corrected chi connectivity index (χ2v) is 10.3. The fourth-order valence-corrected chi connectivity index (χ4v) is 5.58. The van der Waals surface area contributed by atoms with Gasteiger partial charge in [-0.25, -0.2) is 0 Å². The molecule has 6 heteroatoms. The smallest absolute Gasteiger partial charge is 0.308 e. The molecule has 0 atom stereocenters. The molecule has 1 N–H and O–H groups in total. The van der Waals surface area contributed by atoms with Gasteiger partial charge >= 0.3 is 5.97 Å². The summed E-state index contributed by atoms with van der Waals surface area (Å²) in [6.45, 7) is 1.24. The van der Waals surface area contributed by atoms with Crippen LogP contribution in [0.25, 0.3) is 22.0 Å². The number of benzene rings is 3. The van der Waals surface area contributed by atoms with Gasteiger partial charge in [-0.1, -0.05) is 66.2 Å². The maximum atomic E-state index is 13.3. The molecule has 37 heavy (non-hydrogen) atoms. The number of hydrogen-bond donors (Lipinski definition) is 1. The summed E-state index contributed by atoms with van der Waals surface area (Å²) in [4.78, 5) is 25.1. The predicted molar refractivity (Wildman–Crippen MR) is 148 cm³/mol. The summed E-state index contributed by atoms with van der Waals surface area (Å²) in [5.41, 5.74) is 4.97. The van der Waals surface area contributed by atoms with Gasteiger partial charge in [-0.05, 0) is 66.5 Å². The van der Waals surface area contributed by atoms with E-state index in [2.05, 4.69) is 46.3 Å². The average molecular weight is 515 g/mol. The summed E-state index contributed by atoms with van der Waals surface area (Å²) in [6.07, 6.45) is 5.43. The Morgan fingerprint density at radius 1 is 0.946 bits per heavy atom. The van der Waals surface area contributed by atoms with Crippen LogP contribution in [0.15, 0.2) is 79.0 Å². The second-order valence-electron chi connectivity index (χ2n) is 9.85. The predicted octanol–water partition coefficient (Wildman–Crippen LogP) is 6.72. The Morgan fingerprint density at radius 3 is 2.35 bits per heavy atom. The number of fused-ring (bicyclic) bond motifs is 1. The van der Waals surface area contributed by atoms with Gasteiger partial charge in [0.15, 0.2) is 0 Å². The van der Waals surface area contributed by atoms with Crippen LogP contribution in [0.1, 0.15) is 41.6 Å². The van der Waals surface area contributed by atoms with Gasteiger partial charge in [-0.15, -0.1) is 0 Å². The molecule has 4 aromatic rings. The van der Waals surface area contributed by atoms with Crippen LogP contribution in [0, 0.1) is 11.8 Å². The van der Waals surface area contributed by atoms with Gasteiger partial charge in [0.1, 0.15) is 0 Å². The van der Waals surface area contributed by atoms with Gasteiger partial charge in [0.05, 0.1) is 24.1 Å². The van der Waals surface area contributed by atoms with Crippen LogP contribution in [0.5, 0.6) is 0 Å². The van der Waals surface area contributed by atoms with Crippen molar-refractivity contribution in [1.82, 2.24) is 9.88 Å². The highest BCUT2D eigenvalue weighted by molar-refractivity contribution is 6.32. The van der Waals surface area contributed by atoms with Crippen molar-refractivity contribution in [3.8, 4) is 11.1 Å². The number of halogens is 1. The van der Waals surface area contributed by atoms with E-state index in [-0.39, 0.29) is 17.8 Å². The maximum Gasteiger partial charge on any atom is 0.308 e. The van der Waals surface area contributed by atoms with E-state index in [1.54, 1.807) is 6.07 Å². The number of amides is 1. The fraction of sp³-hybridized carbons (Fsp3) is 0.290. The van der Waals surface area contributed by atoms with Crippen LogP contribution in [-0.4, -0.2) is 30.1 Å². The first-order valence-electron chi connectivity index (χ1n) is 12.8. The Hall–Kier alpha value is -3.57. The number of aromatic nitrogens is 1. The van der Waals surface area contributed by atoms with Crippen LogP contribution < -0.4 is 5.32 Å². The Labute approximate surface area is 222 Å². The largest absolute Gasteiger partial charge is 0.469 e. The van der Waals surface area contributed by atoms with E-state index in [0.717, 1.165) is 42.1 Å². The molecule has 5 rings (SSSR count). The van der Waals surface area contributed by atoms with Crippen LogP contribution in [0.2, 0.25) is 5.02 Å². The number of ether oxygens (including phenoxy) is 1. The fourth-order valence-electron chi connectivity index (χ4n) is 5.35. The van der Waals surface area contributed by atoms with Crippen molar-refractivity contribution in [2.24, 2.45) is 11.8 Å². The third-order valence-electron chi connectivity index (χ3n) is 7.42. The molecule has 0 radical (unpaired) electrons. The summed E-state index contributed by atoms with van der Waals surface area (Å²) in [7, 11) is 1.44. The summed E-state index contributed by atoms with van der Waals surface area (Å²) < 4.78 is 6.99. The van der Waals surface area contributed by atoms with Crippen molar-refractivity contribution in [2.75, 3.05) is 13.7 Å². The number of esters is 1. The number of rotatable bonds is 7. The molecule has 0 unspecified atom stereocenters. The summed E-state index contributed by atoms with van der Waals surface area (Å²) >= 11 is 6.39. The van der Waals surface area contributed by atoms with E-state index in [0.29, 0.717) is 29.6 Å². The summed E-state index contributed by atoms with van der Waals surface area (Å²) in [5.74, 6) is 0.0882. The lowest BCUT2D eigenvalue weighted by atomic mass is 9.82. The van der Waals surface area contributed by atoms with Crippen molar-refractivity contribution in [3.05, 3.63) is 95.1 Å². The number of hydrogen-bond acceptors (Lipinski definition) is 3. The molecule has 1 aliphatic rings. The lowest BCUT2D eigenvalue weighted by Gasteiger charge is -2.27. The van der Waals surface area contributed by atoms with Gasteiger partial charge in [0, 0.05) is 29.7 Å². The third kappa shape index (κ3) is 5.72. The van der Waals surface area contributed by atoms with Crippen molar-refractivity contribution in [3.63, 3.8) is 0 Å². The Bertz CT molecular complexity index is 1390. The zero-order valence-corrected chi connectivity index (χ0v) is 21.7. The first-order valence-corrected chi connectivity index (χ1v) is 13.2. The standard InChI is InChI=1S/C31H31ClN2O3/c1-37-31(36)25-13-7-21(8-14-25)19-33-30(35)28-18-27(32)17-26-15-16-34(29(26)28)20-22-9-11-24(12-10-22)23-5-3-2-4-6-23/h2-6,9-12,15-18,21,25H,7-8,13-14,19-20H2,1H3,(H,33,35). The van der Waals surface area contributed by atoms with E-state index in [9.17, 15) is 9.59 Å². The Kier molecular flexibility index (Phi) is 7.61. The minimum atomic E-state index is -0.126. The topological polar surface area (TPSA) is 60.3 Å². The first-order chi connectivity index (χ1) is 18.0. The molecular formula is C31H31ClN2O3. The number of carbonyl (C=O) groups is 2. The van der Waals surface area contributed by atoms with Crippen molar-refractivity contribution in [1.29, 1.82) is 0 Å². The van der Waals surface area contributed by atoms with E-state index < -0.39 is 0 Å². The van der Waals surface area contributed by atoms with Crippen LogP contribution in [0.4, 0.5) is 0 Å². The van der Waals surface area contributed by atoms with Gasteiger partial charge in [0.25, 0.3) is 5.91 Å².